The van der Waals surface area contributed by atoms with Crippen molar-refractivity contribution in [2.75, 3.05) is 55.7 Å². The predicted molar refractivity (Wildman–Crippen MR) is 147 cm³/mol. The molecule has 2 aliphatic rings. The molecule has 0 unspecified atom stereocenters. The van der Waals surface area contributed by atoms with E-state index in [2.05, 4.69) is 28.0 Å². The van der Waals surface area contributed by atoms with E-state index in [0.717, 1.165) is 85.9 Å². The van der Waals surface area contributed by atoms with Gasteiger partial charge in [0.15, 0.2) is 0 Å². The Morgan fingerprint density at radius 1 is 1.06 bits per heavy atom. The van der Waals surface area contributed by atoms with Crippen LogP contribution in [0.25, 0.3) is 10.1 Å². The molecule has 3 heterocycles. The zero-order chi connectivity index (χ0) is 24.2. The first-order valence-electron chi connectivity index (χ1n) is 12.6. The number of nitrogens with zero attached hydrogens (tertiary/aromatic N) is 3. The number of rotatable bonds is 7. The Morgan fingerprint density at radius 3 is 2.69 bits per heavy atom. The van der Waals surface area contributed by atoms with Crippen molar-refractivity contribution in [3.8, 4) is 5.75 Å². The summed E-state index contributed by atoms with van der Waals surface area (Å²) in [5, 5.41) is 2.33. The molecular weight excluding hydrogens is 480 g/mol. The highest BCUT2D eigenvalue weighted by Gasteiger charge is 2.23. The number of primary amides is 1. The summed E-state index contributed by atoms with van der Waals surface area (Å²) >= 11 is 8.11. The quantitative estimate of drug-likeness (QED) is 0.409. The fraction of sp³-hybridized carbons (Fsp3) is 0.444. The van der Waals surface area contributed by atoms with Gasteiger partial charge in [-0.05, 0) is 56.3 Å². The topological polar surface area (TPSA) is 62.0 Å². The van der Waals surface area contributed by atoms with Gasteiger partial charge in [0.1, 0.15) is 10.8 Å². The van der Waals surface area contributed by atoms with E-state index in [9.17, 15) is 4.79 Å². The molecule has 2 N–H and O–H groups in total. The van der Waals surface area contributed by atoms with Crippen LogP contribution in [0.1, 0.15) is 31.2 Å². The molecule has 3 aromatic rings. The number of para-hydroxylation sites is 1. The lowest BCUT2D eigenvalue weighted by atomic mass is 10.1. The maximum atomic E-state index is 12.2. The van der Waals surface area contributed by atoms with Crippen molar-refractivity contribution in [3.63, 3.8) is 0 Å². The molecule has 35 heavy (non-hydrogen) atoms. The van der Waals surface area contributed by atoms with Gasteiger partial charge in [-0.15, -0.1) is 11.3 Å². The average molecular weight is 513 g/mol. The minimum atomic E-state index is -0.448. The molecule has 186 valence electrons. The van der Waals surface area contributed by atoms with Crippen molar-refractivity contribution >= 4 is 49.7 Å². The van der Waals surface area contributed by atoms with Crippen molar-refractivity contribution in [2.24, 2.45) is 5.73 Å². The monoisotopic (exact) mass is 512 g/mol. The van der Waals surface area contributed by atoms with Crippen LogP contribution in [-0.4, -0.2) is 56.8 Å². The number of aryl methyl sites for hydroxylation is 1. The molecule has 1 fully saturated rings. The number of ether oxygens (including phenoxy) is 1. The van der Waals surface area contributed by atoms with E-state index in [1.54, 1.807) is 4.90 Å². The summed E-state index contributed by atoms with van der Waals surface area (Å²) in [7, 11) is 0. The number of fused-ring (bicyclic) bond motifs is 2. The average Bonchev–Trinajstić information content (AvgIpc) is 3.04. The van der Waals surface area contributed by atoms with Crippen LogP contribution in [0.2, 0.25) is 5.02 Å². The van der Waals surface area contributed by atoms with Gasteiger partial charge < -0.3 is 15.4 Å². The van der Waals surface area contributed by atoms with Crippen LogP contribution in [0.3, 0.4) is 0 Å². The van der Waals surface area contributed by atoms with Gasteiger partial charge in [-0.2, -0.15) is 0 Å². The zero-order valence-electron chi connectivity index (χ0n) is 20.0. The van der Waals surface area contributed by atoms with E-state index in [0.29, 0.717) is 11.6 Å². The van der Waals surface area contributed by atoms with Gasteiger partial charge in [-0.3, -0.25) is 9.80 Å². The number of hydrogen-bond acceptors (Lipinski definition) is 5. The van der Waals surface area contributed by atoms with Gasteiger partial charge in [0.05, 0.1) is 17.3 Å². The van der Waals surface area contributed by atoms with Crippen molar-refractivity contribution < 1.29 is 9.53 Å². The summed E-state index contributed by atoms with van der Waals surface area (Å²) in [6.07, 6.45) is 5.33. The van der Waals surface area contributed by atoms with Crippen LogP contribution >= 0.6 is 22.9 Å². The Balaban J connectivity index is 1.12. The number of nitrogens with two attached hydrogens (primary N) is 1. The third-order valence-electron chi connectivity index (χ3n) is 7.01. The second kappa shape index (κ2) is 11.1. The molecule has 8 heteroatoms. The van der Waals surface area contributed by atoms with Gasteiger partial charge >= 0.3 is 6.03 Å². The van der Waals surface area contributed by atoms with Gasteiger partial charge in [0.25, 0.3) is 0 Å². The van der Waals surface area contributed by atoms with E-state index in [1.165, 1.54) is 29.0 Å². The molecule has 5 rings (SSSR count). The molecule has 0 bridgehead atoms. The summed E-state index contributed by atoms with van der Waals surface area (Å²) in [6, 6.07) is 14.1. The van der Waals surface area contributed by atoms with Crippen molar-refractivity contribution in [1.82, 2.24) is 4.90 Å². The number of urea groups is 1. The van der Waals surface area contributed by atoms with Gasteiger partial charge in [0.2, 0.25) is 0 Å². The Morgan fingerprint density at radius 2 is 1.89 bits per heavy atom. The molecular formula is C27H33ClN4O2S. The minimum absolute atomic E-state index is 0.448. The molecule has 0 spiro atoms. The molecule has 2 aromatic carbocycles. The number of anilines is 2. The number of amides is 2. The standard InChI is InChI=1S/C27H33ClN4O2S/c28-24-21-10-1-2-12-23(21)35-26(24)32(27(29)33)14-5-4-13-30-15-17-31(18-16-30)22-11-7-9-20-8-3-6-19-34-25(20)22/h1-2,7,9-12H,3-6,8,13-19H2,(H2,29,33). The second-order valence-corrected chi connectivity index (χ2v) is 10.7. The van der Waals surface area contributed by atoms with E-state index in [4.69, 9.17) is 22.1 Å². The van der Waals surface area contributed by atoms with E-state index >= 15 is 0 Å². The molecule has 0 aliphatic carbocycles. The third-order valence-corrected chi connectivity index (χ3v) is 8.70. The molecule has 1 aromatic heterocycles. The largest absolute Gasteiger partial charge is 0.491 e. The Hall–Kier alpha value is -2.48. The highest BCUT2D eigenvalue weighted by Crippen LogP contribution is 2.42. The number of carbonyl (C=O) groups excluding carboxylic acids is 1. The number of piperazine rings is 1. The second-order valence-electron chi connectivity index (χ2n) is 9.31. The lowest BCUT2D eigenvalue weighted by Crippen LogP contribution is -2.47. The SMILES string of the molecule is NC(=O)N(CCCCN1CCN(c2cccc3c2OCCCC3)CC1)c1sc2ccccc2c1Cl. The first-order valence-corrected chi connectivity index (χ1v) is 13.8. The zero-order valence-corrected chi connectivity index (χ0v) is 21.6. The summed E-state index contributed by atoms with van der Waals surface area (Å²) in [6.45, 7) is 6.49. The fourth-order valence-corrected chi connectivity index (χ4v) is 6.64. The van der Waals surface area contributed by atoms with Gasteiger partial charge in [0, 0.05) is 42.8 Å². The Bertz CT molecular complexity index is 1180. The summed E-state index contributed by atoms with van der Waals surface area (Å²) in [5.74, 6) is 1.10. The summed E-state index contributed by atoms with van der Waals surface area (Å²) < 4.78 is 7.21. The number of hydrogen-bond donors (Lipinski definition) is 1. The predicted octanol–water partition coefficient (Wildman–Crippen LogP) is 5.76. The molecule has 0 saturated carbocycles. The maximum absolute atomic E-state index is 12.2. The maximum Gasteiger partial charge on any atom is 0.319 e. The van der Waals surface area contributed by atoms with Crippen LogP contribution in [0, 0.1) is 0 Å². The lowest BCUT2D eigenvalue weighted by Gasteiger charge is -2.37. The number of halogens is 1. The van der Waals surface area contributed by atoms with Crippen LogP contribution in [0.15, 0.2) is 42.5 Å². The number of thiophene rings is 1. The highest BCUT2D eigenvalue weighted by atomic mass is 35.5. The molecule has 6 nitrogen and oxygen atoms in total. The van der Waals surface area contributed by atoms with Crippen LogP contribution in [-0.2, 0) is 6.42 Å². The molecule has 0 atom stereocenters. The fourth-order valence-electron chi connectivity index (χ4n) is 5.08. The third kappa shape index (κ3) is 5.37. The number of carbonyl (C=O) groups is 1. The van der Waals surface area contributed by atoms with Gasteiger partial charge in [-0.1, -0.05) is 41.9 Å². The van der Waals surface area contributed by atoms with Crippen molar-refractivity contribution in [1.29, 1.82) is 0 Å². The van der Waals surface area contributed by atoms with Crippen LogP contribution < -0.4 is 20.3 Å². The summed E-state index contributed by atoms with van der Waals surface area (Å²) in [4.78, 5) is 18.8. The van der Waals surface area contributed by atoms with Crippen molar-refractivity contribution in [2.45, 2.75) is 32.1 Å². The van der Waals surface area contributed by atoms with Crippen LogP contribution in [0.5, 0.6) is 5.75 Å². The Kier molecular flexibility index (Phi) is 7.66. The molecule has 2 aliphatic heterocycles. The smallest absolute Gasteiger partial charge is 0.319 e. The lowest BCUT2D eigenvalue weighted by molar-refractivity contribution is 0.248. The molecule has 2 amide bonds. The summed E-state index contributed by atoms with van der Waals surface area (Å²) in [5.41, 5.74) is 8.32. The van der Waals surface area contributed by atoms with Crippen molar-refractivity contribution in [3.05, 3.63) is 53.1 Å². The highest BCUT2D eigenvalue weighted by molar-refractivity contribution is 7.23. The van der Waals surface area contributed by atoms with Crippen LogP contribution in [0.4, 0.5) is 15.5 Å². The first-order chi connectivity index (χ1) is 17.1. The number of unbranched alkanes of at least 4 members (excludes halogenated alkanes) is 1. The first kappa shape index (κ1) is 24.2. The molecule has 1 saturated heterocycles. The van der Waals surface area contributed by atoms with E-state index in [1.807, 2.05) is 24.3 Å². The molecule has 0 radical (unpaired) electrons. The van der Waals surface area contributed by atoms with Gasteiger partial charge in [-0.25, -0.2) is 4.79 Å². The normalized spacial score (nSPS) is 16.5. The number of benzene rings is 2. The van der Waals surface area contributed by atoms with E-state index < -0.39 is 6.03 Å². The van der Waals surface area contributed by atoms with E-state index in [-0.39, 0.29) is 0 Å². The minimum Gasteiger partial charge on any atom is -0.491 e. The Labute approximate surface area is 216 Å².